The lowest BCUT2D eigenvalue weighted by molar-refractivity contribution is -0.121. The molecule has 0 atom stereocenters. The zero-order valence-corrected chi connectivity index (χ0v) is 12.6. The van der Waals surface area contributed by atoms with Crippen LogP contribution in [0.1, 0.15) is 18.4 Å². The number of amides is 1. The number of ether oxygens (including phenoxy) is 1. The number of hydrogen-bond donors (Lipinski definition) is 2. The molecular formula is C15H24N4O2. The minimum Gasteiger partial charge on any atom is -0.378 e. The molecule has 2 rings (SSSR count). The van der Waals surface area contributed by atoms with Crippen LogP contribution in [-0.2, 0) is 16.1 Å². The second-order valence-corrected chi connectivity index (χ2v) is 5.11. The van der Waals surface area contributed by atoms with Gasteiger partial charge >= 0.3 is 0 Å². The van der Waals surface area contributed by atoms with Crippen molar-refractivity contribution in [1.82, 2.24) is 15.6 Å². The van der Waals surface area contributed by atoms with Crippen molar-refractivity contribution >= 4 is 11.7 Å². The van der Waals surface area contributed by atoms with Gasteiger partial charge in [-0.25, -0.2) is 4.98 Å². The zero-order chi connectivity index (χ0) is 14.9. The molecule has 0 radical (unpaired) electrons. The van der Waals surface area contributed by atoms with Crippen molar-refractivity contribution in [3.05, 3.63) is 23.9 Å². The van der Waals surface area contributed by atoms with Gasteiger partial charge < -0.3 is 20.3 Å². The number of nitrogens with one attached hydrogen (secondary N) is 2. The molecule has 116 valence electrons. The third kappa shape index (κ3) is 5.32. The van der Waals surface area contributed by atoms with Crippen LogP contribution < -0.4 is 15.5 Å². The molecule has 6 nitrogen and oxygen atoms in total. The Labute approximate surface area is 125 Å². The van der Waals surface area contributed by atoms with E-state index in [1.54, 1.807) is 0 Å². The van der Waals surface area contributed by atoms with E-state index in [-0.39, 0.29) is 5.91 Å². The molecule has 1 fully saturated rings. The average Bonchev–Trinajstić information content (AvgIpc) is 2.54. The minimum atomic E-state index is 0.0857. The number of morpholine rings is 1. The van der Waals surface area contributed by atoms with Gasteiger partial charge in [-0.3, -0.25) is 4.79 Å². The van der Waals surface area contributed by atoms with E-state index >= 15 is 0 Å². The molecule has 1 aliphatic rings. The van der Waals surface area contributed by atoms with Crippen LogP contribution in [0.2, 0.25) is 0 Å². The van der Waals surface area contributed by atoms with Gasteiger partial charge in [0.15, 0.2) is 0 Å². The number of hydrogen-bond acceptors (Lipinski definition) is 5. The highest BCUT2D eigenvalue weighted by atomic mass is 16.5. The van der Waals surface area contributed by atoms with Crippen LogP contribution in [0, 0.1) is 0 Å². The van der Waals surface area contributed by atoms with Gasteiger partial charge in [-0.1, -0.05) is 6.07 Å². The van der Waals surface area contributed by atoms with Gasteiger partial charge in [0.1, 0.15) is 5.82 Å². The van der Waals surface area contributed by atoms with Crippen molar-refractivity contribution in [1.29, 1.82) is 0 Å². The Bertz CT molecular complexity index is 430. The predicted octanol–water partition coefficient (Wildman–Crippen LogP) is 0.534. The topological polar surface area (TPSA) is 66.5 Å². The van der Waals surface area contributed by atoms with Crippen LogP contribution in [0.3, 0.4) is 0 Å². The summed E-state index contributed by atoms with van der Waals surface area (Å²) in [5.41, 5.74) is 1.02. The molecule has 1 saturated heterocycles. The van der Waals surface area contributed by atoms with Crippen molar-refractivity contribution in [3.63, 3.8) is 0 Å². The van der Waals surface area contributed by atoms with Crippen LogP contribution in [0.25, 0.3) is 0 Å². The Morgan fingerprint density at radius 2 is 2.19 bits per heavy atom. The van der Waals surface area contributed by atoms with E-state index in [1.807, 2.05) is 25.4 Å². The monoisotopic (exact) mass is 292 g/mol. The van der Waals surface area contributed by atoms with Crippen molar-refractivity contribution < 1.29 is 9.53 Å². The lowest BCUT2D eigenvalue weighted by atomic mass is 10.2. The maximum absolute atomic E-state index is 11.6. The highest BCUT2D eigenvalue weighted by Crippen LogP contribution is 2.12. The largest absolute Gasteiger partial charge is 0.378 e. The number of carbonyl (C=O) groups excluding carboxylic acids is 1. The van der Waals surface area contributed by atoms with Gasteiger partial charge in [0.25, 0.3) is 0 Å². The second kappa shape index (κ2) is 8.59. The highest BCUT2D eigenvalue weighted by Gasteiger charge is 2.11. The number of nitrogens with zero attached hydrogens (tertiary/aromatic N) is 2. The molecule has 2 heterocycles. The number of rotatable bonds is 7. The van der Waals surface area contributed by atoms with Gasteiger partial charge in [-0.15, -0.1) is 0 Å². The van der Waals surface area contributed by atoms with E-state index in [9.17, 15) is 4.79 Å². The standard InChI is InChI=1S/C15H24N4O2/c1-16-6-2-3-15(20)18-12-13-4-5-14(17-11-13)19-7-9-21-10-8-19/h4-5,11,16H,2-3,6-10,12H2,1H3,(H,18,20). The fraction of sp³-hybridized carbons (Fsp3) is 0.600. The first-order chi connectivity index (χ1) is 10.3. The first-order valence-electron chi connectivity index (χ1n) is 7.48. The summed E-state index contributed by atoms with van der Waals surface area (Å²) < 4.78 is 5.33. The SMILES string of the molecule is CNCCCC(=O)NCc1ccc(N2CCOCC2)nc1. The number of pyridine rings is 1. The Hall–Kier alpha value is -1.66. The Kier molecular flexibility index (Phi) is 6.43. The maximum atomic E-state index is 11.6. The summed E-state index contributed by atoms with van der Waals surface area (Å²) in [6.45, 7) is 4.68. The lowest BCUT2D eigenvalue weighted by Crippen LogP contribution is -2.36. The molecule has 1 aromatic rings. The summed E-state index contributed by atoms with van der Waals surface area (Å²) in [6.07, 6.45) is 3.25. The fourth-order valence-electron chi connectivity index (χ4n) is 2.22. The average molecular weight is 292 g/mol. The van der Waals surface area contributed by atoms with Gasteiger partial charge in [0, 0.05) is 32.3 Å². The van der Waals surface area contributed by atoms with E-state index in [1.165, 1.54) is 0 Å². The second-order valence-electron chi connectivity index (χ2n) is 5.11. The zero-order valence-electron chi connectivity index (χ0n) is 12.6. The molecule has 1 aromatic heterocycles. The van der Waals surface area contributed by atoms with E-state index < -0.39 is 0 Å². The summed E-state index contributed by atoms with van der Waals surface area (Å²) in [5.74, 6) is 1.06. The molecule has 0 unspecified atom stereocenters. The quantitative estimate of drug-likeness (QED) is 0.718. The first kappa shape index (κ1) is 15.7. The Balaban J connectivity index is 1.75. The van der Waals surface area contributed by atoms with E-state index in [0.717, 1.165) is 50.7 Å². The third-order valence-corrected chi connectivity index (χ3v) is 3.46. The first-order valence-corrected chi connectivity index (χ1v) is 7.48. The van der Waals surface area contributed by atoms with Crippen LogP contribution in [0.15, 0.2) is 18.3 Å². The molecule has 2 N–H and O–H groups in total. The molecule has 0 aliphatic carbocycles. The van der Waals surface area contributed by atoms with E-state index in [0.29, 0.717) is 13.0 Å². The van der Waals surface area contributed by atoms with Gasteiger partial charge in [-0.2, -0.15) is 0 Å². The lowest BCUT2D eigenvalue weighted by Gasteiger charge is -2.27. The van der Waals surface area contributed by atoms with E-state index in [2.05, 4.69) is 20.5 Å². The predicted molar refractivity (Wildman–Crippen MR) is 82.3 cm³/mol. The summed E-state index contributed by atoms with van der Waals surface area (Å²) in [6, 6.07) is 4.03. The molecular weight excluding hydrogens is 268 g/mol. The van der Waals surface area contributed by atoms with E-state index in [4.69, 9.17) is 4.74 Å². The fourth-order valence-corrected chi connectivity index (χ4v) is 2.22. The highest BCUT2D eigenvalue weighted by molar-refractivity contribution is 5.75. The van der Waals surface area contributed by atoms with Gasteiger partial charge in [-0.05, 0) is 31.6 Å². The molecule has 0 aromatic carbocycles. The molecule has 0 spiro atoms. The van der Waals surface area contributed by atoms with Crippen molar-refractivity contribution in [2.24, 2.45) is 0 Å². The summed E-state index contributed by atoms with van der Waals surface area (Å²) >= 11 is 0. The maximum Gasteiger partial charge on any atom is 0.220 e. The Morgan fingerprint density at radius 1 is 1.38 bits per heavy atom. The molecule has 6 heteroatoms. The van der Waals surface area contributed by atoms with Gasteiger partial charge in [0.2, 0.25) is 5.91 Å². The van der Waals surface area contributed by atoms with Crippen molar-refractivity contribution in [2.75, 3.05) is 44.8 Å². The number of carbonyl (C=O) groups is 1. The number of aromatic nitrogens is 1. The normalized spacial score (nSPS) is 15.0. The molecule has 21 heavy (non-hydrogen) atoms. The Morgan fingerprint density at radius 3 is 2.86 bits per heavy atom. The number of anilines is 1. The smallest absolute Gasteiger partial charge is 0.220 e. The summed E-state index contributed by atoms with van der Waals surface area (Å²) in [5, 5.41) is 5.95. The molecule has 1 amide bonds. The van der Waals surface area contributed by atoms with Crippen LogP contribution in [-0.4, -0.2) is 50.8 Å². The van der Waals surface area contributed by atoms with Crippen LogP contribution >= 0.6 is 0 Å². The molecule has 0 saturated carbocycles. The van der Waals surface area contributed by atoms with Crippen molar-refractivity contribution in [2.45, 2.75) is 19.4 Å². The summed E-state index contributed by atoms with van der Waals surface area (Å²) in [7, 11) is 1.89. The van der Waals surface area contributed by atoms with Crippen molar-refractivity contribution in [3.8, 4) is 0 Å². The van der Waals surface area contributed by atoms with Crippen LogP contribution in [0.5, 0.6) is 0 Å². The third-order valence-electron chi connectivity index (χ3n) is 3.46. The van der Waals surface area contributed by atoms with Gasteiger partial charge in [0.05, 0.1) is 13.2 Å². The van der Waals surface area contributed by atoms with Crippen LogP contribution in [0.4, 0.5) is 5.82 Å². The molecule has 0 bridgehead atoms. The molecule has 1 aliphatic heterocycles. The summed E-state index contributed by atoms with van der Waals surface area (Å²) in [4.78, 5) is 18.3. The minimum absolute atomic E-state index is 0.0857.